The van der Waals surface area contributed by atoms with Gasteiger partial charge in [0.1, 0.15) is 37.0 Å². The first-order valence-electron chi connectivity index (χ1n) is 12.1. The third-order valence-corrected chi connectivity index (χ3v) is 5.67. The molecule has 1 heterocycles. The Hall–Kier alpha value is -2.89. The minimum atomic E-state index is -1.67. The van der Waals surface area contributed by atoms with E-state index in [2.05, 4.69) is 5.32 Å². The number of amides is 3. The van der Waals surface area contributed by atoms with Crippen LogP contribution in [0.2, 0.25) is 0 Å². The zero-order chi connectivity index (χ0) is 29.2. The van der Waals surface area contributed by atoms with Crippen LogP contribution in [0.4, 0.5) is 0 Å². The molecule has 0 aromatic carbocycles. The van der Waals surface area contributed by atoms with E-state index >= 15 is 0 Å². The lowest BCUT2D eigenvalue weighted by Gasteiger charge is -2.44. The quantitative estimate of drug-likeness (QED) is 0.0965. The highest BCUT2D eigenvalue weighted by Gasteiger charge is 2.47. The van der Waals surface area contributed by atoms with Crippen LogP contribution in [0, 0.1) is 0 Å². The van der Waals surface area contributed by atoms with E-state index in [-0.39, 0.29) is 25.9 Å². The van der Waals surface area contributed by atoms with Crippen molar-refractivity contribution in [1.82, 2.24) is 10.2 Å². The lowest BCUT2D eigenvalue weighted by molar-refractivity contribution is -0.269. The summed E-state index contributed by atoms with van der Waals surface area (Å²) in [7, 11) is 0. The van der Waals surface area contributed by atoms with Gasteiger partial charge in [0.2, 0.25) is 17.7 Å². The molecule has 1 fully saturated rings. The number of carboxylic acid groups (broad SMARTS) is 1. The normalized spacial score (nSPS) is 25.5. The Morgan fingerprint density at radius 2 is 1.76 bits per heavy atom. The molecule has 10 N–H and O–H groups in total. The largest absolute Gasteiger partial charge is 0.481 e. The standard InChI is InChI=1S/C22H39N5O11/c1-10(8-27(21(34)11(2)24)13(20(25)33)4-5-15(29)30)37-19-17(26-12(3)28)22(35)38-14(18(19)32)9-36-16(31)6-7-23/h10-11,13-14,17-19,22,32,35H,4-9,23-24H2,1-3H3,(H2,25,33)(H,26,28)(H,29,30)/t10?,11-,13-,14+,17+,18+,19+,22-/m0/s1. The number of carbonyl (C=O) groups is 5. The molecular formula is C22H39N5O11. The molecule has 3 amide bonds. The summed E-state index contributed by atoms with van der Waals surface area (Å²) >= 11 is 0. The van der Waals surface area contributed by atoms with Crippen LogP contribution >= 0.6 is 0 Å². The molecule has 0 aliphatic carbocycles. The van der Waals surface area contributed by atoms with Gasteiger partial charge < -0.3 is 56.9 Å². The first-order valence-corrected chi connectivity index (χ1v) is 12.1. The van der Waals surface area contributed by atoms with Crippen LogP contribution in [0.3, 0.4) is 0 Å². The summed E-state index contributed by atoms with van der Waals surface area (Å²) in [5, 5.41) is 32.9. The van der Waals surface area contributed by atoms with Crippen LogP contribution in [0.5, 0.6) is 0 Å². The number of nitrogens with zero attached hydrogens (tertiary/aromatic N) is 1. The minimum absolute atomic E-state index is 0.0405. The van der Waals surface area contributed by atoms with E-state index in [1.807, 2.05) is 0 Å². The number of hydrogen-bond donors (Lipinski definition) is 7. The van der Waals surface area contributed by atoms with Gasteiger partial charge in [0.25, 0.3) is 0 Å². The molecule has 0 bridgehead atoms. The van der Waals surface area contributed by atoms with Gasteiger partial charge in [-0.3, -0.25) is 24.0 Å². The minimum Gasteiger partial charge on any atom is -0.481 e. The first-order chi connectivity index (χ1) is 17.7. The Bertz CT molecular complexity index is 843. The summed E-state index contributed by atoms with van der Waals surface area (Å²) < 4.78 is 16.3. The summed E-state index contributed by atoms with van der Waals surface area (Å²) in [6, 6.07) is -3.65. The van der Waals surface area contributed by atoms with Crippen LogP contribution in [-0.2, 0) is 38.2 Å². The van der Waals surface area contributed by atoms with Crippen molar-refractivity contribution in [3.8, 4) is 0 Å². The van der Waals surface area contributed by atoms with Gasteiger partial charge in [0, 0.05) is 26.4 Å². The number of carbonyl (C=O) groups excluding carboxylic acids is 4. The number of carboxylic acids is 1. The number of nitrogens with two attached hydrogens (primary N) is 3. The number of hydrogen-bond acceptors (Lipinski definition) is 12. The lowest BCUT2D eigenvalue weighted by Crippen LogP contribution is -2.65. The van der Waals surface area contributed by atoms with E-state index in [1.54, 1.807) is 0 Å². The SMILES string of the molecule is CC(=O)N[C@@H]1[C@@H](OC(C)CN(C(=O)[C@H](C)N)[C@@H](CCC(=O)O)C(N)=O)[C@H](O)[C@@H](COC(=O)CCN)O[C@@H]1O. The Labute approximate surface area is 219 Å². The average Bonchev–Trinajstić information content (AvgIpc) is 2.80. The summed E-state index contributed by atoms with van der Waals surface area (Å²) in [4.78, 5) is 60.4. The maximum Gasteiger partial charge on any atom is 0.307 e. The molecule has 0 radical (unpaired) electrons. The van der Waals surface area contributed by atoms with Crippen LogP contribution in [-0.4, -0.2) is 118 Å². The molecule has 1 saturated heterocycles. The number of ether oxygens (including phenoxy) is 3. The van der Waals surface area contributed by atoms with E-state index in [1.165, 1.54) is 20.8 Å². The van der Waals surface area contributed by atoms with Crippen molar-refractivity contribution in [1.29, 1.82) is 0 Å². The van der Waals surface area contributed by atoms with Crippen LogP contribution in [0.15, 0.2) is 0 Å². The van der Waals surface area contributed by atoms with Crippen LogP contribution < -0.4 is 22.5 Å². The second kappa shape index (κ2) is 15.5. The topological polar surface area (TPSA) is 267 Å². The fourth-order valence-electron chi connectivity index (χ4n) is 3.92. The molecule has 0 aromatic rings. The third-order valence-electron chi connectivity index (χ3n) is 5.67. The number of aliphatic hydroxyl groups excluding tert-OH is 2. The Kier molecular flexibility index (Phi) is 13.5. The number of primary amides is 1. The number of esters is 1. The van der Waals surface area contributed by atoms with Gasteiger partial charge in [-0.05, 0) is 20.3 Å². The maximum atomic E-state index is 12.8. The van der Waals surface area contributed by atoms with E-state index in [0.717, 1.165) is 4.90 Å². The van der Waals surface area contributed by atoms with Crippen LogP contribution in [0.1, 0.15) is 40.0 Å². The van der Waals surface area contributed by atoms with Crippen molar-refractivity contribution in [3.63, 3.8) is 0 Å². The molecule has 16 nitrogen and oxygen atoms in total. The van der Waals surface area contributed by atoms with Crippen molar-refractivity contribution >= 4 is 29.7 Å². The molecule has 8 atom stereocenters. The van der Waals surface area contributed by atoms with E-state index in [9.17, 15) is 34.2 Å². The Morgan fingerprint density at radius 1 is 1.13 bits per heavy atom. The zero-order valence-electron chi connectivity index (χ0n) is 21.6. The van der Waals surface area contributed by atoms with Crippen molar-refractivity contribution < 1.29 is 53.5 Å². The fraction of sp³-hybridized carbons (Fsp3) is 0.773. The van der Waals surface area contributed by atoms with Crippen molar-refractivity contribution in [2.24, 2.45) is 17.2 Å². The number of aliphatic hydroxyl groups is 2. The Balaban J connectivity index is 3.17. The van der Waals surface area contributed by atoms with Crippen molar-refractivity contribution in [2.75, 3.05) is 19.7 Å². The van der Waals surface area contributed by atoms with Gasteiger partial charge in [0.15, 0.2) is 6.29 Å². The molecular weight excluding hydrogens is 510 g/mol. The van der Waals surface area contributed by atoms with Gasteiger partial charge in [-0.15, -0.1) is 0 Å². The van der Waals surface area contributed by atoms with Crippen molar-refractivity contribution in [2.45, 2.75) is 88.9 Å². The monoisotopic (exact) mass is 549 g/mol. The molecule has 1 aliphatic rings. The molecule has 38 heavy (non-hydrogen) atoms. The van der Waals surface area contributed by atoms with Crippen molar-refractivity contribution in [3.05, 3.63) is 0 Å². The highest BCUT2D eigenvalue weighted by Crippen LogP contribution is 2.25. The molecule has 1 aliphatic heterocycles. The second-order valence-electron chi connectivity index (χ2n) is 9.04. The number of nitrogens with one attached hydrogen (secondary N) is 1. The maximum absolute atomic E-state index is 12.8. The van der Waals surface area contributed by atoms with Gasteiger partial charge in [-0.2, -0.15) is 0 Å². The molecule has 1 unspecified atom stereocenters. The number of rotatable bonds is 15. The summed E-state index contributed by atoms with van der Waals surface area (Å²) in [5.41, 5.74) is 16.5. The average molecular weight is 550 g/mol. The predicted octanol–water partition coefficient (Wildman–Crippen LogP) is -3.87. The molecule has 218 valence electrons. The zero-order valence-corrected chi connectivity index (χ0v) is 21.6. The summed E-state index contributed by atoms with van der Waals surface area (Å²) in [6.07, 6.45) is -7.55. The van der Waals surface area contributed by atoms with E-state index < -0.39 is 91.5 Å². The number of aliphatic carboxylic acids is 1. The van der Waals surface area contributed by atoms with Crippen LogP contribution in [0.25, 0.3) is 0 Å². The first kappa shape index (κ1) is 33.1. The molecule has 1 rings (SSSR count). The highest BCUT2D eigenvalue weighted by atomic mass is 16.6. The van der Waals surface area contributed by atoms with E-state index in [4.69, 9.17) is 36.5 Å². The van der Waals surface area contributed by atoms with Gasteiger partial charge >= 0.3 is 11.9 Å². The highest BCUT2D eigenvalue weighted by molar-refractivity contribution is 5.89. The predicted molar refractivity (Wildman–Crippen MR) is 129 cm³/mol. The van der Waals surface area contributed by atoms with E-state index in [0.29, 0.717) is 0 Å². The summed E-state index contributed by atoms with van der Waals surface area (Å²) in [6.45, 7) is 3.30. The van der Waals surface area contributed by atoms with Gasteiger partial charge in [0.05, 0.1) is 18.6 Å². The Morgan fingerprint density at radius 3 is 2.26 bits per heavy atom. The fourth-order valence-corrected chi connectivity index (χ4v) is 3.92. The molecule has 16 heteroatoms. The lowest BCUT2D eigenvalue weighted by atomic mass is 9.96. The smallest absolute Gasteiger partial charge is 0.307 e. The summed E-state index contributed by atoms with van der Waals surface area (Å²) in [5.74, 6) is -4.09. The third kappa shape index (κ3) is 10.1. The molecule has 0 aromatic heterocycles. The van der Waals surface area contributed by atoms with Gasteiger partial charge in [-0.1, -0.05) is 0 Å². The van der Waals surface area contributed by atoms with Gasteiger partial charge in [-0.25, -0.2) is 0 Å². The second-order valence-corrected chi connectivity index (χ2v) is 9.04. The molecule has 0 spiro atoms. The molecule has 0 saturated carbocycles.